The molecule has 2 aliphatic rings. The van der Waals surface area contributed by atoms with Gasteiger partial charge in [-0.25, -0.2) is 0 Å². The van der Waals surface area contributed by atoms with Crippen molar-refractivity contribution in [2.75, 3.05) is 13.2 Å². The summed E-state index contributed by atoms with van der Waals surface area (Å²) in [5.41, 5.74) is 0.0775. The van der Waals surface area contributed by atoms with Crippen LogP contribution < -0.4 is 0 Å². The molecule has 1 aliphatic heterocycles. The molecule has 0 radical (unpaired) electrons. The Morgan fingerprint density at radius 3 is 2.92 bits per heavy atom. The van der Waals surface area contributed by atoms with Crippen LogP contribution in [0, 0.1) is 11.8 Å². The van der Waals surface area contributed by atoms with E-state index in [4.69, 9.17) is 4.74 Å². The Hall–Kier alpha value is -0.0800. The number of hydrogen-bond donors (Lipinski definition) is 1. The van der Waals surface area contributed by atoms with Gasteiger partial charge >= 0.3 is 0 Å². The maximum atomic E-state index is 9.20. The van der Waals surface area contributed by atoms with E-state index >= 15 is 0 Å². The molecule has 1 aliphatic carbocycles. The van der Waals surface area contributed by atoms with Crippen LogP contribution in [0.15, 0.2) is 0 Å². The van der Waals surface area contributed by atoms with Gasteiger partial charge < -0.3 is 9.84 Å². The molecule has 1 saturated carbocycles. The summed E-state index contributed by atoms with van der Waals surface area (Å²) in [5, 5.41) is 9.20. The minimum atomic E-state index is 0.0775. The molecular weight excluding hydrogens is 152 g/mol. The summed E-state index contributed by atoms with van der Waals surface area (Å²) in [6.45, 7) is 3.45. The summed E-state index contributed by atoms with van der Waals surface area (Å²) in [4.78, 5) is 0. The van der Waals surface area contributed by atoms with Crippen molar-refractivity contribution in [1.29, 1.82) is 0 Å². The molecule has 2 fully saturated rings. The van der Waals surface area contributed by atoms with Crippen molar-refractivity contribution in [1.82, 2.24) is 0 Å². The van der Waals surface area contributed by atoms with Gasteiger partial charge in [0.2, 0.25) is 0 Å². The molecule has 0 aromatic heterocycles. The Morgan fingerprint density at radius 1 is 1.50 bits per heavy atom. The summed E-state index contributed by atoms with van der Waals surface area (Å²) in [6, 6.07) is 0. The smallest absolute Gasteiger partial charge is 0.0735 e. The zero-order valence-electron chi connectivity index (χ0n) is 7.75. The number of rotatable bonds is 1. The van der Waals surface area contributed by atoms with Crippen LogP contribution in [0.25, 0.3) is 0 Å². The molecule has 1 spiro atoms. The first-order valence-electron chi connectivity index (χ1n) is 5.02. The van der Waals surface area contributed by atoms with Gasteiger partial charge in [-0.15, -0.1) is 0 Å². The van der Waals surface area contributed by atoms with E-state index in [1.165, 1.54) is 12.8 Å². The molecule has 0 amide bonds. The number of ether oxygens (including phenoxy) is 1. The molecule has 1 N–H and O–H groups in total. The molecule has 12 heavy (non-hydrogen) atoms. The van der Waals surface area contributed by atoms with Crippen LogP contribution in [0.5, 0.6) is 0 Å². The van der Waals surface area contributed by atoms with Gasteiger partial charge in [-0.05, 0) is 31.6 Å². The van der Waals surface area contributed by atoms with Gasteiger partial charge in [-0.3, -0.25) is 0 Å². The first-order valence-corrected chi connectivity index (χ1v) is 5.02. The zero-order chi connectivity index (χ0) is 8.60. The fraction of sp³-hybridized carbons (Fsp3) is 1.00. The third-order valence-corrected chi connectivity index (χ3v) is 3.57. The van der Waals surface area contributed by atoms with Gasteiger partial charge in [-0.2, -0.15) is 0 Å². The topological polar surface area (TPSA) is 29.5 Å². The molecule has 2 heteroatoms. The van der Waals surface area contributed by atoms with Crippen LogP contribution in [0.2, 0.25) is 0 Å². The van der Waals surface area contributed by atoms with Crippen LogP contribution in [0.1, 0.15) is 32.6 Å². The summed E-state index contributed by atoms with van der Waals surface area (Å²) in [6.07, 6.45) is 4.66. The van der Waals surface area contributed by atoms with Gasteiger partial charge in [0.15, 0.2) is 0 Å². The van der Waals surface area contributed by atoms with Crippen molar-refractivity contribution < 1.29 is 9.84 Å². The van der Waals surface area contributed by atoms with Crippen molar-refractivity contribution >= 4 is 0 Å². The van der Waals surface area contributed by atoms with Gasteiger partial charge in [0.05, 0.1) is 5.60 Å². The maximum Gasteiger partial charge on any atom is 0.0735 e. The normalized spacial score (nSPS) is 47.5. The summed E-state index contributed by atoms with van der Waals surface area (Å²) in [7, 11) is 0. The highest BCUT2D eigenvalue weighted by atomic mass is 16.5. The Labute approximate surface area is 73.9 Å². The van der Waals surface area contributed by atoms with Gasteiger partial charge in [0.1, 0.15) is 0 Å². The molecule has 0 aromatic carbocycles. The summed E-state index contributed by atoms with van der Waals surface area (Å²) in [5.74, 6) is 1.21. The van der Waals surface area contributed by atoms with E-state index in [1.54, 1.807) is 0 Å². The first-order chi connectivity index (χ1) is 5.77. The second-order valence-corrected chi connectivity index (χ2v) is 4.43. The molecule has 0 aromatic rings. The number of hydrogen-bond acceptors (Lipinski definition) is 2. The lowest BCUT2D eigenvalue weighted by Crippen LogP contribution is -2.34. The molecule has 2 rings (SSSR count). The van der Waals surface area contributed by atoms with Crippen molar-refractivity contribution in [3.05, 3.63) is 0 Å². The van der Waals surface area contributed by atoms with Crippen LogP contribution in [-0.2, 0) is 4.74 Å². The molecule has 1 saturated heterocycles. The molecule has 3 atom stereocenters. The van der Waals surface area contributed by atoms with E-state index in [0.717, 1.165) is 25.4 Å². The monoisotopic (exact) mass is 170 g/mol. The minimum absolute atomic E-state index is 0.0775. The first kappa shape index (κ1) is 8.52. The Bertz CT molecular complexity index is 169. The minimum Gasteiger partial charge on any atom is -0.396 e. The van der Waals surface area contributed by atoms with E-state index in [-0.39, 0.29) is 5.60 Å². The summed E-state index contributed by atoms with van der Waals surface area (Å²) < 4.78 is 5.82. The average Bonchev–Trinajstić information content (AvgIpc) is 2.60. The Kier molecular flexibility index (Phi) is 2.13. The lowest BCUT2D eigenvalue weighted by molar-refractivity contribution is -0.0306. The largest absolute Gasteiger partial charge is 0.396 e. The van der Waals surface area contributed by atoms with E-state index in [1.807, 2.05) is 0 Å². The molecular formula is C10H18O2. The third-order valence-electron chi connectivity index (χ3n) is 3.57. The van der Waals surface area contributed by atoms with Crippen molar-refractivity contribution in [2.45, 2.75) is 38.2 Å². The van der Waals surface area contributed by atoms with E-state index < -0.39 is 0 Å². The highest BCUT2D eigenvalue weighted by Gasteiger charge is 2.47. The van der Waals surface area contributed by atoms with Crippen molar-refractivity contribution in [3.63, 3.8) is 0 Å². The number of aliphatic hydroxyl groups is 1. The second kappa shape index (κ2) is 3.00. The predicted molar refractivity (Wildman–Crippen MR) is 46.9 cm³/mol. The summed E-state index contributed by atoms with van der Waals surface area (Å²) >= 11 is 0. The zero-order valence-corrected chi connectivity index (χ0v) is 7.75. The third kappa shape index (κ3) is 1.17. The highest BCUT2D eigenvalue weighted by molar-refractivity contribution is 4.97. The number of aliphatic hydroxyl groups excluding tert-OH is 1. The lowest BCUT2D eigenvalue weighted by Gasteiger charge is -2.28. The maximum absolute atomic E-state index is 9.20. The quantitative estimate of drug-likeness (QED) is 0.647. The highest BCUT2D eigenvalue weighted by Crippen LogP contribution is 2.46. The molecule has 0 bridgehead atoms. The van der Waals surface area contributed by atoms with Gasteiger partial charge in [0.25, 0.3) is 0 Å². The average molecular weight is 170 g/mol. The fourth-order valence-electron chi connectivity index (χ4n) is 2.83. The molecule has 70 valence electrons. The SMILES string of the molecule is C[C@H]1CC[C@@]2(C1)OCCC2CO. The van der Waals surface area contributed by atoms with Crippen LogP contribution >= 0.6 is 0 Å². The molecule has 2 nitrogen and oxygen atoms in total. The molecule has 1 unspecified atom stereocenters. The molecule has 1 heterocycles. The predicted octanol–water partition coefficient (Wildman–Crippen LogP) is 1.57. The van der Waals surface area contributed by atoms with Crippen LogP contribution in [0.3, 0.4) is 0 Å². The van der Waals surface area contributed by atoms with E-state index in [2.05, 4.69) is 6.92 Å². The van der Waals surface area contributed by atoms with E-state index in [9.17, 15) is 5.11 Å². The van der Waals surface area contributed by atoms with Crippen LogP contribution in [-0.4, -0.2) is 23.9 Å². The second-order valence-electron chi connectivity index (χ2n) is 4.43. The van der Waals surface area contributed by atoms with Gasteiger partial charge in [0, 0.05) is 19.1 Å². The Balaban J connectivity index is 2.09. The standard InChI is InChI=1S/C10H18O2/c1-8-2-4-10(6-8)9(7-11)3-5-12-10/h8-9,11H,2-7H2,1H3/t8-,9?,10-/m0/s1. The van der Waals surface area contributed by atoms with Crippen molar-refractivity contribution in [3.8, 4) is 0 Å². The Morgan fingerprint density at radius 2 is 2.33 bits per heavy atom. The van der Waals surface area contributed by atoms with E-state index in [0.29, 0.717) is 12.5 Å². The van der Waals surface area contributed by atoms with Crippen molar-refractivity contribution in [2.24, 2.45) is 11.8 Å². The van der Waals surface area contributed by atoms with Gasteiger partial charge in [-0.1, -0.05) is 6.92 Å². The van der Waals surface area contributed by atoms with Crippen LogP contribution in [0.4, 0.5) is 0 Å². The lowest BCUT2D eigenvalue weighted by atomic mass is 9.86. The fourth-order valence-corrected chi connectivity index (χ4v) is 2.83.